The van der Waals surface area contributed by atoms with E-state index in [9.17, 15) is 4.79 Å². The van der Waals surface area contributed by atoms with Crippen LogP contribution in [0, 0.1) is 0 Å². The molecule has 0 saturated carbocycles. The summed E-state index contributed by atoms with van der Waals surface area (Å²) in [4.78, 5) is 12.3. The molecule has 2 nitrogen and oxygen atoms in total. The number of hydrogen-bond donors (Lipinski definition) is 1. The topological polar surface area (TPSA) is 29.1 Å². The first kappa shape index (κ1) is 10.8. The normalized spacial score (nSPS) is 16.6. The Kier molecular flexibility index (Phi) is 2.49. The minimum absolute atomic E-state index is 0.0000926. The van der Waals surface area contributed by atoms with Crippen LogP contribution in [-0.2, 0) is 10.2 Å². The van der Waals surface area contributed by atoms with Gasteiger partial charge in [-0.15, -0.1) is 0 Å². The van der Waals surface area contributed by atoms with Gasteiger partial charge in [0.1, 0.15) is 5.41 Å². The van der Waals surface area contributed by atoms with E-state index in [0.29, 0.717) is 0 Å². The molecule has 2 aromatic rings. The maximum Gasteiger partial charge on any atom is 0.242 e. The van der Waals surface area contributed by atoms with E-state index in [1.807, 2.05) is 66.7 Å². The van der Waals surface area contributed by atoms with Crippen LogP contribution >= 0.6 is 0 Å². The molecular formula is C16H13NO. The first-order chi connectivity index (χ1) is 8.84. The van der Waals surface area contributed by atoms with Gasteiger partial charge in [-0.2, -0.15) is 0 Å². The second-order valence-electron chi connectivity index (χ2n) is 4.35. The molecule has 88 valence electrons. The van der Waals surface area contributed by atoms with E-state index >= 15 is 0 Å². The van der Waals surface area contributed by atoms with E-state index < -0.39 is 5.41 Å². The fourth-order valence-electron chi connectivity index (χ4n) is 2.46. The molecule has 0 aliphatic carbocycles. The second kappa shape index (κ2) is 4.15. The molecular weight excluding hydrogens is 222 g/mol. The fourth-order valence-corrected chi connectivity index (χ4v) is 2.46. The third-order valence-electron chi connectivity index (χ3n) is 3.36. The quantitative estimate of drug-likeness (QED) is 0.851. The highest BCUT2D eigenvalue weighted by atomic mass is 16.2. The number of amides is 1. The van der Waals surface area contributed by atoms with Crippen LogP contribution in [0.15, 0.2) is 72.9 Å². The number of rotatable bonds is 2. The van der Waals surface area contributed by atoms with Crippen molar-refractivity contribution in [1.82, 2.24) is 5.32 Å². The van der Waals surface area contributed by atoms with Crippen LogP contribution in [0.5, 0.6) is 0 Å². The maximum atomic E-state index is 12.3. The molecule has 0 atom stereocenters. The summed E-state index contributed by atoms with van der Waals surface area (Å²) in [6.45, 7) is 0. The van der Waals surface area contributed by atoms with Crippen molar-refractivity contribution in [2.75, 3.05) is 0 Å². The third kappa shape index (κ3) is 1.46. The Morgan fingerprint density at radius 3 is 1.67 bits per heavy atom. The van der Waals surface area contributed by atoms with Gasteiger partial charge in [0.05, 0.1) is 0 Å². The molecule has 1 aliphatic rings. The number of benzene rings is 2. The minimum atomic E-state index is -0.692. The van der Waals surface area contributed by atoms with Crippen molar-refractivity contribution < 1.29 is 4.79 Å². The van der Waals surface area contributed by atoms with Crippen LogP contribution in [0.3, 0.4) is 0 Å². The SMILES string of the molecule is O=C1NC=CC1(c1ccccc1)c1ccccc1. The Labute approximate surface area is 106 Å². The molecule has 1 heterocycles. The number of carbonyl (C=O) groups excluding carboxylic acids is 1. The van der Waals surface area contributed by atoms with Crippen molar-refractivity contribution in [3.05, 3.63) is 84.1 Å². The molecule has 1 N–H and O–H groups in total. The van der Waals surface area contributed by atoms with E-state index in [1.54, 1.807) is 6.20 Å². The summed E-state index contributed by atoms with van der Waals surface area (Å²) in [5.41, 5.74) is 1.28. The van der Waals surface area contributed by atoms with Gasteiger partial charge in [-0.1, -0.05) is 60.7 Å². The highest BCUT2D eigenvalue weighted by Crippen LogP contribution is 2.36. The fraction of sp³-hybridized carbons (Fsp3) is 0.0625. The van der Waals surface area contributed by atoms with Gasteiger partial charge in [0.15, 0.2) is 0 Å². The van der Waals surface area contributed by atoms with Crippen LogP contribution in [0.1, 0.15) is 11.1 Å². The Balaban J connectivity index is 2.24. The molecule has 1 amide bonds. The van der Waals surface area contributed by atoms with Gasteiger partial charge in [-0.05, 0) is 17.2 Å². The smallest absolute Gasteiger partial charge is 0.242 e. The Morgan fingerprint density at radius 1 is 0.778 bits per heavy atom. The summed E-state index contributed by atoms with van der Waals surface area (Å²) in [6.07, 6.45) is 3.66. The first-order valence-electron chi connectivity index (χ1n) is 5.94. The van der Waals surface area contributed by atoms with E-state index in [-0.39, 0.29) is 5.91 Å². The maximum absolute atomic E-state index is 12.3. The van der Waals surface area contributed by atoms with Crippen molar-refractivity contribution >= 4 is 5.91 Å². The van der Waals surface area contributed by atoms with E-state index in [0.717, 1.165) is 11.1 Å². The van der Waals surface area contributed by atoms with Crippen molar-refractivity contribution in [1.29, 1.82) is 0 Å². The predicted molar refractivity (Wildman–Crippen MR) is 70.9 cm³/mol. The van der Waals surface area contributed by atoms with Gasteiger partial charge in [-0.3, -0.25) is 4.79 Å². The summed E-state index contributed by atoms with van der Waals surface area (Å²) in [5, 5.41) is 2.79. The zero-order valence-corrected chi connectivity index (χ0v) is 9.84. The lowest BCUT2D eigenvalue weighted by molar-refractivity contribution is -0.122. The third-order valence-corrected chi connectivity index (χ3v) is 3.36. The van der Waals surface area contributed by atoms with Crippen molar-refractivity contribution in [3.8, 4) is 0 Å². The van der Waals surface area contributed by atoms with Gasteiger partial charge in [0.2, 0.25) is 5.91 Å². The van der Waals surface area contributed by atoms with Crippen molar-refractivity contribution in [2.24, 2.45) is 0 Å². The zero-order chi connectivity index (χ0) is 12.4. The summed E-state index contributed by atoms with van der Waals surface area (Å²) in [7, 11) is 0. The molecule has 2 aromatic carbocycles. The molecule has 0 fully saturated rings. The lowest BCUT2D eigenvalue weighted by atomic mass is 9.75. The molecule has 0 radical (unpaired) electrons. The standard InChI is InChI=1S/C16H13NO/c18-15-16(11-12-17-15,13-7-3-1-4-8-13)14-9-5-2-6-10-14/h1-12H,(H,17,18). The van der Waals surface area contributed by atoms with Crippen LogP contribution in [0.4, 0.5) is 0 Å². The van der Waals surface area contributed by atoms with Gasteiger partial charge in [-0.25, -0.2) is 0 Å². The molecule has 0 aromatic heterocycles. The first-order valence-corrected chi connectivity index (χ1v) is 5.94. The average molecular weight is 235 g/mol. The predicted octanol–water partition coefficient (Wildman–Crippen LogP) is 2.62. The summed E-state index contributed by atoms with van der Waals surface area (Å²) >= 11 is 0. The van der Waals surface area contributed by atoms with Crippen LogP contribution in [0.25, 0.3) is 0 Å². The van der Waals surface area contributed by atoms with E-state index in [4.69, 9.17) is 0 Å². The van der Waals surface area contributed by atoms with E-state index in [1.165, 1.54) is 0 Å². The molecule has 0 saturated heterocycles. The van der Waals surface area contributed by atoms with Crippen LogP contribution in [0.2, 0.25) is 0 Å². The molecule has 0 spiro atoms. The molecule has 1 aliphatic heterocycles. The molecule has 2 heteroatoms. The Bertz CT molecular complexity index is 548. The summed E-state index contributed by atoms with van der Waals surface area (Å²) < 4.78 is 0. The van der Waals surface area contributed by atoms with Gasteiger partial charge in [0, 0.05) is 6.20 Å². The highest BCUT2D eigenvalue weighted by molar-refractivity contribution is 5.97. The lowest BCUT2D eigenvalue weighted by Gasteiger charge is -2.26. The largest absolute Gasteiger partial charge is 0.332 e. The minimum Gasteiger partial charge on any atom is -0.332 e. The second-order valence-corrected chi connectivity index (χ2v) is 4.35. The van der Waals surface area contributed by atoms with Gasteiger partial charge >= 0.3 is 0 Å². The summed E-state index contributed by atoms with van der Waals surface area (Å²) in [5.74, 6) is -0.0000926. The Morgan fingerprint density at radius 2 is 1.28 bits per heavy atom. The van der Waals surface area contributed by atoms with E-state index in [2.05, 4.69) is 5.32 Å². The summed E-state index contributed by atoms with van der Waals surface area (Å²) in [6, 6.07) is 19.7. The number of nitrogens with one attached hydrogen (secondary N) is 1. The Hall–Kier alpha value is -2.35. The zero-order valence-electron chi connectivity index (χ0n) is 9.84. The van der Waals surface area contributed by atoms with Crippen molar-refractivity contribution in [3.63, 3.8) is 0 Å². The molecule has 18 heavy (non-hydrogen) atoms. The van der Waals surface area contributed by atoms with Crippen LogP contribution < -0.4 is 5.32 Å². The van der Waals surface area contributed by atoms with Gasteiger partial charge < -0.3 is 5.32 Å². The van der Waals surface area contributed by atoms with Crippen molar-refractivity contribution in [2.45, 2.75) is 5.41 Å². The number of hydrogen-bond acceptors (Lipinski definition) is 1. The molecule has 3 rings (SSSR count). The number of carbonyl (C=O) groups is 1. The highest BCUT2D eigenvalue weighted by Gasteiger charge is 2.41. The molecule has 0 unspecified atom stereocenters. The average Bonchev–Trinajstić information content (AvgIpc) is 2.84. The van der Waals surface area contributed by atoms with Gasteiger partial charge in [0.25, 0.3) is 0 Å². The monoisotopic (exact) mass is 235 g/mol. The molecule has 0 bridgehead atoms. The lowest BCUT2D eigenvalue weighted by Crippen LogP contribution is -2.37. The van der Waals surface area contributed by atoms with Crippen LogP contribution in [-0.4, -0.2) is 5.91 Å².